The van der Waals surface area contributed by atoms with E-state index < -0.39 is 5.60 Å². The number of rotatable bonds is 4. The predicted molar refractivity (Wildman–Crippen MR) is 60.9 cm³/mol. The molecule has 0 amide bonds. The van der Waals surface area contributed by atoms with Crippen LogP contribution >= 0.6 is 0 Å². The Hall–Kier alpha value is -0.870. The minimum absolute atomic E-state index is 0.514. The molecular weight excluding hydrogens is 204 g/mol. The minimum Gasteiger partial charge on any atom is -0.389 e. The number of hydrogen-bond acceptors (Lipinski definition) is 4. The Bertz CT molecular complexity index is 290. The predicted octanol–water partition coefficient (Wildman–Crippen LogP) is 1.85. The highest BCUT2D eigenvalue weighted by Gasteiger charge is 2.27. The van der Waals surface area contributed by atoms with Crippen LogP contribution in [0.15, 0.2) is 16.9 Å². The second kappa shape index (κ2) is 5.46. The number of aromatic nitrogens is 1. The van der Waals surface area contributed by atoms with Crippen LogP contribution in [0, 0.1) is 0 Å². The van der Waals surface area contributed by atoms with Crippen molar-refractivity contribution in [2.24, 2.45) is 0 Å². The van der Waals surface area contributed by atoms with Gasteiger partial charge >= 0.3 is 0 Å². The lowest BCUT2D eigenvalue weighted by molar-refractivity contribution is 0.0249. The first-order valence-corrected chi connectivity index (χ1v) is 6.11. The molecule has 2 N–H and O–H groups in total. The summed E-state index contributed by atoms with van der Waals surface area (Å²) < 4.78 is 4.75. The van der Waals surface area contributed by atoms with Crippen LogP contribution in [0.1, 0.15) is 44.2 Å². The van der Waals surface area contributed by atoms with Crippen molar-refractivity contribution in [3.63, 3.8) is 0 Å². The van der Waals surface area contributed by atoms with Gasteiger partial charge < -0.3 is 14.9 Å². The van der Waals surface area contributed by atoms with Crippen molar-refractivity contribution in [3.8, 4) is 0 Å². The van der Waals surface area contributed by atoms with Crippen LogP contribution < -0.4 is 5.32 Å². The Morgan fingerprint density at radius 3 is 2.69 bits per heavy atom. The lowest BCUT2D eigenvalue weighted by atomic mass is 9.94. The van der Waals surface area contributed by atoms with Crippen LogP contribution in [-0.2, 0) is 6.54 Å². The molecular formula is C12H20N2O2. The fourth-order valence-corrected chi connectivity index (χ4v) is 2.32. The molecule has 90 valence electrons. The standard InChI is InChI=1S/C12H20N2O2/c15-12(6-3-1-2-4-7-12)10-13-9-11-5-8-16-14-11/h5,8,13,15H,1-4,6-7,9-10H2. The molecule has 0 bridgehead atoms. The van der Waals surface area contributed by atoms with E-state index >= 15 is 0 Å². The van der Waals surface area contributed by atoms with Gasteiger partial charge in [-0.2, -0.15) is 0 Å². The Morgan fingerprint density at radius 2 is 2.06 bits per heavy atom. The van der Waals surface area contributed by atoms with E-state index in [0.29, 0.717) is 13.1 Å². The van der Waals surface area contributed by atoms with E-state index in [0.717, 1.165) is 31.4 Å². The van der Waals surface area contributed by atoms with Gasteiger partial charge in [0, 0.05) is 19.2 Å². The molecule has 1 fully saturated rings. The van der Waals surface area contributed by atoms with E-state index in [2.05, 4.69) is 10.5 Å². The molecule has 4 heteroatoms. The molecule has 0 aliphatic heterocycles. The lowest BCUT2D eigenvalue weighted by Crippen LogP contribution is -2.39. The zero-order chi connectivity index (χ0) is 11.3. The second-order valence-corrected chi connectivity index (χ2v) is 4.73. The lowest BCUT2D eigenvalue weighted by Gasteiger charge is -2.26. The van der Waals surface area contributed by atoms with Crippen LogP contribution in [-0.4, -0.2) is 22.4 Å². The fourth-order valence-electron chi connectivity index (χ4n) is 2.32. The topological polar surface area (TPSA) is 58.3 Å². The maximum absolute atomic E-state index is 10.4. The first-order valence-electron chi connectivity index (χ1n) is 6.11. The maximum atomic E-state index is 10.4. The maximum Gasteiger partial charge on any atom is 0.124 e. The summed E-state index contributed by atoms with van der Waals surface area (Å²) in [5.41, 5.74) is 0.373. The molecule has 1 aliphatic rings. The highest BCUT2D eigenvalue weighted by atomic mass is 16.5. The molecule has 1 aliphatic carbocycles. The van der Waals surface area contributed by atoms with Gasteiger partial charge in [-0.3, -0.25) is 0 Å². The molecule has 1 heterocycles. The summed E-state index contributed by atoms with van der Waals surface area (Å²) in [6.07, 6.45) is 8.19. The van der Waals surface area contributed by atoms with Gasteiger partial charge in [-0.15, -0.1) is 0 Å². The molecule has 0 saturated heterocycles. The third-order valence-corrected chi connectivity index (χ3v) is 3.29. The number of nitrogens with one attached hydrogen (secondary N) is 1. The summed E-state index contributed by atoms with van der Waals surface area (Å²) in [6, 6.07) is 1.84. The summed E-state index contributed by atoms with van der Waals surface area (Å²) in [7, 11) is 0. The van der Waals surface area contributed by atoms with Gasteiger partial charge in [0.2, 0.25) is 0 Å². The Kier molecular flexibility index (Phi) is 3.96. The van der Waals surface area contributed by atoms with Gasteiger partial charge in [0.05, 0.1) is 11.3 Å². The summed E-state index contributed by atoms with van der Waals surface area (Å²) in [5.74, 6) is 0. The van der Waals surface area contributed by atoms with Crippen molar-refractivity contribution in [1.82, 2.24) is 10.5 Å². The molecule has 0 unspecified atom stereocenters. The average molecular weight is 224 g/mol. The van der Waals surface area contributed by atoms with Crippen LogP contribution in [0.4, 0.5) is 0 Å². The van der Waals surface area contributed by atoms with E-state index in [-0.39, 0.29) is 0 Å². The number of aliphatic hydroxyl groups is 1. The molecule has 2 rings (SSSR count). The summed E-state index contributed by atoms with van der Waals surface area (Å²) >= 11 is 0. The highest BCUT2D eigenvalue weighted by Crippen LogP contribution is 2.26. The first kappa shape index (κ1) is 11.6. The Balaban J connectivity index is 1.75. The molecule has 1 aromatic rings. The molecule has 0 spiro atoms. The van der Waals surface area contributed by atoms with Crippen molar-refractivity contribution in [2.75, 3.05) is 6.54 Å². The van der Waals surface area contributed by atoms with E-state index in [1.54, 1.807) is 6.26 Å². The summed E-state index contributed by atoms with van der Waals surface area (Å²) in [5, 5.41) is 17.4. The minimum atomic E-state index is -0.514. The van der Waals surface area contributed by atoms with Crippen LogP contribution in [0.2, 0.25) is 0 Å². The first-order chi connectivity index (χ1) is 7.79. The van der Waals surface area contributed by atoms with Crippen molar-refractivity contribution in [3.05, 3.63) is 18.0 Å². The third-order valence-electron chi connectivity index (χ3n) is 3.29. The fraction of sp³-hybridized carbons (Fsp3) is 0.750. The summed E-state index contributed by atoms with van der Waals surface area (Å²) in [6.45, 7) is 1.32. The molecule has 1 aromatic heterocycles. The van der Waals surface area contributed by atoms with Crippen molar-refractivity contribution in [1.29, 1.82) is 0 Å². The van der Waals surface area contributed by atoms with Crippen molar-refractivity contribution >= 4 is 0 Å². The SMILES string of the molecule is OC1(CNCc2ccon2)CCCCCC1. The zero-order valence-electron chi connectivity index (χ0n) is 9.61. The van der Waals surface area contributed by atoms with Crippen LogP contribution in [0.3, 0.4) is 0 Å². The van der Waals surface area contributed by atoms with E-state index in [4.69, 9.17) is 4.52 Å². The largest absolute Gasteiger partial charge is 0.389 e. The van der Waals surface area contributed by atoms with Gasteiger partial charge in [-0.1, -0.05) is 30.8 Å². The number of nitrogens with zero attached hydrogens (tertiary/aromatic N) is 1. The smallest absolute Gasteiger partial charge is 0.124 e. The monoisotopic (exact) mass is 224 g/mol. The van der Waals surface area contributed by atoms with Gasteiger partial charge in [0.25, 0.3) is 0 Å². The highest BCUT2D eigenvalue weighted by molar-refractivity contribution is 4.95. The van der Waals surface area contributed by atoms with Gasteiger partial charge in [0.15, 0.2) is 0 Å². The van der Waals surface area contributed by atoms with Crippen LogP contribution in [0.25, 0.3) is 0 Å². The van der Waals surface area contributed by atoms with Gasteiger partial charge in [-0.05, 0) is 12.8 Å². The van der Waals surface area contributed by atoms with E-state index in [1.165, 1.54) is 12.8 Å². The zero-order valence-corrected chi connectivity index (χ0v) is 9.61. The average Bonchev–Trinajstić information content (AvgIpc) is 2.68. The molecule has 0 radical (unpaired) electrons. The molecule has 16 heavy (non-hydrogen) atoms. The normalized spacial score (nSPS) is 20.6. The second-order valence-electron chi connectivity index (χ2n) is 4.73. The van der Waals surface area contributed by atoms with E-state index in [9.17, 15) is 5.11 Å². The molecule has 4 nitrogen and oxygen atoms in total. The van der Waals surface area contributed by atoms with Crippen LogP contribution in [0.5, 0.6) is 0 Å². The van der Waals surface area contributed by atoms with Crippen molar-refractivity contribution < 1.29 is 9.63 Å². The summed E-state index contributed by atoms with van der Waals surface area (Å²) in [4.78, 5) is 0. The third kappa shape index (κ3) is 3.32. The van der Waals surface area contributed by atoms with Gasteiger partial charge in [-0.25, -0.2) is 0 Å². The number of hydrogen-bond donors (Lipinski definition) is 2. The van der Waals surface area contributed by atoms with Crippen molar-refractivity contribution in [2.45, 2.75) is 50.7 Å². The molecule has 0 atom stereocenters. The quantitative estimate of drug-likeness (QED) is 0.766. The van der Waals surface area contributed by atoms with E-state index in [1.807, 2.05) is 6.07 Å². The Labute approximate surface area is 96.0 Å². The van der Waals surface area contributed by atoms with Gasteiger partial charge in [0.1, 0.15) is 6.26 Å². The molecule has 0 aromatic carbocycles. The molecule has 1 saturated carbocycles. The Morgan fingerprint density at radius 1 is 1.31 bits per heavy atom.